The summed E-state index contributed by atoms with van der Waals surface area (Å²) in [4.78, 5) is 0. The minimum Gasteiger partial charge on any atom is 0 e. The van der Waals surface area contributed by atoms with Crippen molar-refractivity contribution in [2.24, 2.45) is 0 Å². The molecule has 0 bridgehead atoms. The maximum Gasteiger partial charge on any atom is 0 e. The molecule has 0 radical (unpaired) electrons. The van der Waals surface area contributed by atoms with E-state index in [1.54, 1.807) is 0 Å². The van der Waals surface area contributed by atoms with Crippen molar-refractivity contribution in [3.05, 3.63) is 0 Å². The molecule has 0 fully saturated rings. The summed E-state index contributed by atoms with van der Waals surface area (Å²) >= 11 is 0. The first-order valence-electron chi connectivity index (χ1n) is 0. The molecule has 0 heterocycles. The summed E-state index contributed by atoms with van der Waals surface area (Å²) in [6, 6.07) is 0. The monoisotopic (exact) mass is 230 g/mol. The Morgan fingerprint density at radius 3 is 0.500 bits per heavy atom. The Labute approximate surface area is 66.1 Å². The Hall–Kier alpha value is 2.00. The minimum atomic E-state index is 0. The summed E-state index contributed by atoms with van der Waals surface area (Å²) < 4.78 is 0. The van der Waals surface area contributed by atoms with Crippen LogP contribution in [0.25, 0.3) is 0 Å². The van der Waals surface area contributed by atoms with E-state index in [1.165, 1.54) is 0 Å². The maximum absolute atomic E-state index is 0. The molecule has 0 N–H and O–H groups in total. The van der Waals surface area contributed by atoms with Crippen molar-refractivity contribution in [3.8, 4) is 0 Å². The molecule has 0 saturated carbocycles. The summed E-state index contributed by atoms with van der Waals surface area (Å²) in [5.41, 5.74) is 0. The van der Waals surface area contributed by atoms with E-state index in [0.29, 0.717) is 0 Å². The Morgan fingerprint density at radius 2 is 0.500 bits per heavy atom. The minimum absolute atomic E-state index is 0. The molecule has 0 aliphatic heterocycles. The van der Waals surface area contributed by atoms with Crippen molar-refractivity contribution in [1.29, 1.82) is 0 Å². The van der Waals surface area contributed by atoms with Crippen LogP contribution in [0.4, 0.5) is 0 Å². The average molecular weight is 232 g/mol. The topological polar surface area (TPSA) is 0 Å². The van der Waals surface area contributed by atoms with Crippen LogP contribution in [-0.4, -0.2) is 0 Å². The van der Waals surface area contributed by atoms with Gasteiger partial charge in [-0.1, -0.05) is 0 Å². The van der Waals surface area contributed by atoms with Gasteiger partial charge in [-0.05, 0) is 0 Å². The third-order valence-corrected chi connectivity index (χ3v) is 0. The van der Waals surface area contributed by atoms with Gasteiger partial charge in [0.25, 0.3) is 0 Å². The first kappa shape index (κ1) is 37.5. The fourth-order valence-corrected chi connectivity index (χ4v) is 0. The van der Waals surface area contributed by atoms with Gasteiger partial charge in [-0.15, -0.1) is 0 Å². The molecule has 0 aliphatic carbocycles. The molecule has 0 atom stereocenters. The zero-order chi connectivity index (χ0) is 0. The molecule has 0 rings (SSSR count). The molecule has 38 valence electrons. The van der Waals surface area contributed by atoms with Gasteiger partial charge in [0.2, 0.25) is 0 Å². The molecule has 0 aromatic rings. The quantitative estimate of drug-likeness (QED) is 0.515. The predicted molar refractivity (Wildman–Crippen MR) is 0 cm³/mol. The zero-order valence-corrected chi connectivity index (χ0v) is 5.37. The second-order valence-electron chi connectivity index (χ2n) is 0. The number of hydrogen-bond donors (Lipinski definition) is 0. The van der Waals surface area contributed by atoms with Gasteiger partial charge < -0.3 is 0 Å². The molecule has 0 aromatic carbocycles. The van der Waals surface area contributed by atoms with Crippen LogP contribution in [0.1, 0.15) is 0 Å². The van der Waals surface area contributed by atoms with Crippen LogP contribution in [-0.2, 0) is 66.5 Å². The number of hydrogen-bond acceptors (Lipinski definition) is 0. The Balaban J connectivity index is 0. The first-order chi connectivity index (χ1) is 0. The van der Waals surface area contributed by atoms with Crippen LogP contribution in [0, 0.1) is 0 Å². The van der Waals surface area contributed by atoms with Crippen molar-refractivity contribution in [3.63, 3.8) is 0 Å². The predicted octanol–water partition coefficient (Wildman–Crippen LogP) is -0.0100. The fraction of sp³-hybridized carbons (Fsp3) is 0. The van der Waals surface area contributed by atoms with Gasteiger partial charge in [0, 0.05) is 66.5 Å². The van der Waals surface area contributed by atoms with Gasteiger partial charge in [-0.25, -0.2) is 0 Å². The first-order valence-corrected chi connectivity index (χ1v) is 0. The Morgan fingerprint density at radius 1 is 0.500 bits per heavy atom. The zero-order valence-electron chi connectivity index (χ0n) is 1.30. The normalized spacial score (nSPS) is 0. The van der Waals surface area contributed by atoms with Crippen LogP contribution in [0.3, 0.4) is 0 Å². The van der Waals surface area contributed by atoms with E-state index < -0.39 is 0 Å². The Kier molecular flexibility index (Phi) is 188. The maximum atomic E-state index is 0. The van der Waals surface area contributed by atoms with Crippen molar-refractivity contribution in [2.75, 3.05) is 0 Å². The van der Waals surface area contributed by atoms with Crippen LogP contribution in [0.2, 0.25) is 0 Å². The molecule has 4 heavy (non-hydrogen) atoms. The van der Waals surface area contributed by atoms with E-state index in [2.05, 4.69) is 0 Å². The summed E-state index contributed by atoms with van der Waals surface area (Å²) in [5.74, 6) is 0. The van der Waals surface area contributed by atoms with Crippen LogP contribution < -0.4 is 0 Å². The second-order valence-corrected chi connectivity index (χ2v) is 0. The van der Waals surface area contributed by atoms with Gasteiger partial charge in [0.15, 0.2) is 0 Å². The van der Waals surface area contributed by atoms with Crippen LogP contribution >= 0.6 is 0 Å². The standard InChI is InChI=1S/Fe.3Ni. The second kappa shape index (κ2) is 20.0. The molecule has 0 nitrogen and oxygen atoms in total. The fourth-order valence-electron chi connectivity index (χ4n) is 0. The number of rotatable bonds is 0. The van der Waals surface area contributed by atoms with Gasteiger partial charge in [-0.2, -0.15) is 0 Å². The van der Waals surface area contributed by atoms with E-state index in [9.17, 15) is 0 Å². The van der Waals surface area contributed by atoms with Crippen LogP contribution in [0.15, 0.2) is 0 Å². The average Bonchev–Trinajstić information content (AvgIpc) is 0. The van der Waals surface area contributed by atoms with E-state index in [1.807, 2.05) is 0 Å². The Bertz CT molecular complexity index is 3.25. The summed E-state index contributed by atoms with van der Waals surface area (Å²) in [6.07, 6.45) is 0. The van der Waals surface area contributed by atoms with Gasteiger partial charge in [0.05, 0.1) is 0 Å². The SMILES string of the molecule is [Fe].[Ni].[Ni].[Ni]. The summed E-state index contributed by atoms with van der Waals surface area (Å²) in [5, 5.41) is 0. The molecule has 0 saturated heterocycles. The van der Waals surface area contributed by atoms with Gasteiger partial charge in [0.1, 0.15) is 0 Å². The van der Waals surface area contributed by atoms with Crippen molar-refractivity contribution >= 4 is 0 Å². The molecule has 0 amide bonds. The molecule has 4 heteroatoms. The molecular formula is FeNi3. The van der Waals surface area contributed by atoms with Gasteiger partial charge in [-0.3, -0.25) is 0 Å². The molecule has 0 aromatic heterocycles. The van der Waals surface area contributed by atoms with Gasteiger partial charge >= 0.3 is 0 Å². The molecular weight excluding hydrogens is 232 g/mol. The van der Waals surface area contributed by atoms with Crippen molar-refractivity contribution in [1.82, 2.24) is 0 Å². The third kappa shape index (κ3) is 9.00. The molecule has 0 aliphatic rings. The summed E-state index contributed by atoms with van der Waals surface area (Å²) in [6.45, 7) is 0. The molecule has 0 spiro atoms. The van der Waals surface area contributed by atoms with Crippen LogP contribution in [0.5, 0.6) is 0 Å². The van der Waals surface area contributed by atoms with E-state index in [4.69, 9.17) is 0 Å². The van der Waals surface area contributed by atoms with Crippen molar-refractivity contribution < 1.29 is 66.5 Å². The molecule has 0 unspecified atom stereocenters. The third-order valence-electron chi connectivity index (χ3n) is 0. The van der Waals surface area contributed by atoms with E-state index >= 15 is 0 Å². The van der Waals surface area contributed by atoms with E-state index in [-0.39, 0.29) is 66.5 Å². The smallest absolute Gasteiger partial charge is 0 e. The van der Waals surface area contributed by atoms with E-state index in [0.717, 1.165) is 0 Å². The summed E-state index contributed by atoms with van der Waals surface area (Å²) in [7, 11) is 0. The van der Waals surface area contributed by atoms with Crippen molar-refractivity contribution in [2.45, 2.75) is 0 Å². The largest absolute Gasteiger partial charge is 0 e.